The minimum Gasteiger partial charge on any atom is -0.493 e. The number of ether oxygens (including phenoxy) is 1. The lowest BCUT2D eigenvalue weighted by Gasteiger charge is -2.40. The summed E-state index contributed by atoms with van der Waals surface area (Å²) in [6.07, 6.45) is 8.60. The Morgan fingerprint density at radius 2 is 1.90 bits per heavy atom. The van der Waals surface area contributed by atoms with Gasteiger partial charge in [0.25, 0.3) is 0 Å². The molecule has 1 heterocycles. The van der Waals surface area contributed by atoms with Crippen LogP contribution in [0.15, 0.2) is 47.7 Å². The maximum Gasteiger partial charge on any atom is 0.204 e. The van der Waals surface area contributed by atoms with E-state index in [1.165, 1.54) is 0 Å². The number of halogens is 2. The van der Waals surface area contributed by atoms with Crippen LogP contribution in [0.2, 0.25) is 0 Å². The van der Waals surface area contributed by atoms with Gasteiger partial charge in [-0.3, -0.25) is 4.79 Å². The second kappa shape index (κ2) is 7.75. The highest BCUT2D eigenvalue weighted by Gasteiger charge is 2.66. The second-order valence-corrected chi connectivity index (χ2v) is 10.3. The van der Waals surface area contributed by atoms with Crippen molar-refractivity contribution in [3.05, 3.63) is 53.3 Å². The van der Waals surface area contributed by atoms with Crippen LogP contribution in [0.5, 0.6) is 0 Å². The molecule has 2 atom stereocenters. The molecule has 0 bridgehead atoms. The second-order valence-electron chi connectivity index (χ2n) is 8.87. The van der Waals surface area contributed by atoms with Crippen LogP contribution in [0.4, 0.5) is 0 Å². The van der Waals surface area contributed by atoms with Crippen LogP contribution in [-0.2, 0) is 16.1 Å². The first kappa shape index (κ1) is 20.7. The average Bonchev–Trinajstić information content (AvgIpc) is 3.53. The lowest BCUT2D eigenvalue weighted by atomic mass is 9.72. The fraction of sp³-hybridized carbons (Fsp3) is 0.478. The summed E-state index contributed by atoms with van der Waals surface area (Å²) in [5, 5.41) is 14.0. The van der Waals surface area contributed by atoms with E-state index in [0.29, 0.717) is 18.9 Å². The number of fused-ring (bicyclic) bond motifs is 1. The lowest BCUT2D eigenvalue weighted by molar-refractivity contribution is -0.125. The van der Waals surface area contributed by atoms with Gasteiger partial charge in [-0.15, -0.1) is 10.2 Å². The molecule has 2 saturated carbocycles. The van der Waals surface area contributed by atoms with E-state index >= 15 is 0 Å². The zero-order valence-corrected chi connectivity index (χ0v) is 18.8. The number of rotatable bonds is 5. The van der Waals surface area contributed by atoms with Crippen molar-refractivity contribution in [2.75, 3.05) is 0 Å². The largest absolute Gasteiger partial charge is 0.493 e. The Morgan fingerprint density at radius 3 is 2.58 bits per heavy atom. The van der Waals surface area contributed by atoms with E-state index in [9.17, 15) is 4.79 Å². The Kier molecular flexibility index (Phi) is 5.18. The number of tetrazole rings is 1. The molecule has 0 spiro atoms. The zero-order valence-electron chi connectivity index (χ0n) is 17.3. The van der Waals surface area contributed by atoms with Crippen LogP contribution in [0, 0.1) is 17.3 Å². The molecule has 0 saturated heterocycles. The normalized spacial score (nSPS) is 27.7. The predicted molar refractivity (Wildman–Crippen MR) is 118 cm³/mol. The predicted octanol–water partition coefficient (Wildman–Crippen LogP) is 5.17. The molecule has 31 heavy (non-hydrogen) atoms. The van der Waals surface area contributed by atoms with Gasteiger partial charge in [-0.25, -0.2) is 0 Å². The van der Waals surface area contributed by atoms with Gasteiger partial charge >= 0.3 is 0 Å². The maximum absolute atomic E-state index is 13.4. The average molecular weight is 459 g/mol. The maximum atomic E-state index is 13.4. The lowest BCUT2D eigenvalue weighted by Crippen LogP contribution is -2.45. The molecular weight excluding hydrogens is 435 g/mol. The Balaban J connectivity index is 1.28. The quantitative estimate of drug-likeness (QED) is 0.625. The minimum absolute atomic E-state index is 0.113. The van der Waals surface area contributed by atoms with E-state index in [4.69, 9.17) is 27.9 Å². The summed E-state index contributed by atoms with van der Waals surface area (Å²) in [6, 6.07) is 7.81. The van der Waals surface area contributed by atoms with Crippen LogP contribution >= 0.6 is 23.2 Å². The molecule has 0 aliphatic heterocycles. The number of benzene rings is 1. The Morgan fingerprint density at radius 1 is 1.16 bits per heavy atom. The van der Waals surface area contributed by atoms with Gasteiger partial charge in [-0.05, 0) is 42.5 Å². The monoisotopic (exact) mass is 458 g/mol. The van der Waals surface area contributed by atoms with E-state index < -0.39 is 9.75 Å². The Hall–Kier alpha value is -2.18. The van der Waals surface area contributed by atoms with Gasteiger partial charge in [0.05, 0.1) is 11.2 Å². The standard InChI is InChI=1S/C23H24Cl2N4O2/c1-22(16-4-2-3-5-16)20(30)18-11-10-17(12-19(18)23(22,24)25)31-13-14-6-8-15(9-7-14)21-26-28-29-27-21/h6-11,16,19H,2-5,12-13H2,1H3,(H,26,27,28,29). The summed E-state index contributed by atoms with van der Waals surface area (Å²) >= 11 is 13.9. The van der Waals surface area contributed by atoms with Crippen molar-refractivity contribution in [2.45, 2.75) is 50.0 Å². The van der Waals surface area contributed by atoms with Crippen molar-refractivity contribution in [3.63, 3.8) is 0 Å². The van der Waals surface area contributed by atoms with Crippen LogP contribution in [-0.4, -0.2) is 30.7 Å². The first-order valence-electron chi connectivity index (χ1n) is 10.7. The number of hydrogen-bond acceptors (Lipinski definition) is 5. The van der Waals surface area contributed by atoms with Crippen molar-refractivity contribution < 1.29 is 9.53 Å². The van der Waals surface area contributed by atoms with Gasteiger partial charge in [0.1, 0.15) is 10.9 Å². The number of allylic oxidation sites excluding steroid dienone is 4. The van der Waals surface area contributed by atoms with Gasteiger partial charge < -0.3 is 4.74 Å². The van der Waals surface area contributed by atoms with Crippen molar-refractivity contribution >= 4 is 29.0 Å². The molecule has 2 fully saturated rings. The van der Waals surface area contributed by atoms with Gasteiger partial charge in [-0.2, -0.15) is 5.21 Å². The van der Waals surface area contributed by atoms with Crippen molar-refractivity contribution in [3.8, 4) is 11.4 Å². The van der Waals surface area contributed by atoms with E-state index in [1.807, 2.05) is 43.3 Å². The topological polar surface area (TPSA) is 80.8 Å². The van der Waals surface area contributed by atoms with Crippen LogP contribution < -0.4 is 0 Å². The summed E-state index contributed by atoms with van der Waals surface area (Å²) in [4.78, 5) is 13.4. The molecule has 1 N–H and O–H groups in total. The highest BCUT2D eigenvalue weighted by atomic mass is 35.5. The number of H-pyrrole nitrogens is 1. The molecule has 1 aromatic carbocycles. The number of alkyl halides is 2. The van der Waals surface area contributed by atoms with Crippen LogP contribution in [0.25, 0.3) is 11.4 Å². The smallest absolute Gasteiger partial charge is 0.204 e. The number of aromatic nitrogens is 4. The van der Waals surface area contributed by atoms with Gasteiger partial charge in [-0.1, -0.05) is 66.4 Å². The molecular formula is C23H24Cl2N4O2. The van der Waals surface area contributed by atoms with E-state index in [2.05, 4.69) is 20.6 Å². The van der Waals surface area contributed by atoms with Gasteiger partial charge in [0, 0.05) is 23.5 Å². The molecule has 2 unspecified atom stereocenters. The molecule has 8 heteroatoms. The summed E-state index contributed by atoms with van der Waals surface area (Å²) in [6.45, 7) is 2.38. The summed E-state index contributed by atoms with van der Waals surface area (Å²) in [5.41, 5.74) is 1.91. The third-order valence-electron chi connectivity index (χ3n) is 7.25. The number of carbonyl (C=O) groups is 1. The number of Topliss-reactive ketones (excluding diaryl/α,β-unsaturated/α-hetero) is 1. The number of aromatic amines is 1. The number of ketones is 1. The molecule has 162 valence electrons. The Labute approximate surface area is 191 Å². The number of hydrogen-bond donors (Lipinski definition) is 1. The van der Waals surface area contributed by atoms with Gasteiger partial charge in [0.15, 0.2) is 5.78 Å². The number of carbonyl (C=O) groups excluding carboxylic acids is 1. The number of nitrogens with zero attached hydrogens (tertiary/aromatic N) is 3. The first-order chi connectivity index (χ1) is 14.9. The van der Waals surface area contributed by atoms with Crippen LogP contribution in [0.1, 0.15) is 44.6 Å². The molecule has 5 rings (SSSR count). The molecule has 3 aliphatic rings. The van der Waals surface area contributed by atoms with Crippen molar-refractivity contribution in [2.24, 2.45) is 17.3 Å². The van der Waals surface area contributed by atoms with Crippen molar-refractivity contribution in [1.29, 1.82) is 0 Å². The fourth-order valence-electron chi connectivity index (χ4n) is 5.33. The van der Waals surface area contributed by atoms with Gasteiger partial charge in [0.2, 0.25) is 5.82 Å². The molecule has 0 radical (unpaired) electrons. The van der Waals surface area contributed by atoms with E-state index in [0.717, 1.165) is 48.1 Å². The zero-order chi connectivity index (χ0) is 21.6. The van der Waals surface area contributed by atoms with Crippen LogP contribution in [0.3, 0.4) is 0 Å². The minimum atomic E-state index is -1.12. The van der Waals surface area contributed by atoms with E-state index in [1.54, 1.807) is 0 Å². The highest BCUT2D eigenvalue weighted by Crippen LogP contribution is 2.64. The van der Waals surface area contributed by atoms with E-state index in [-0.39, 0.29) is 17.6 Å². The Bertz CT molecular complexity index is 1040. The summed E-state index contributed by atoms with van der Waals surface area (Å²) < 4.78 is 4.94. The molecule has 0 amide bonds. The summed E-state index contributed by atoms with van der Waals surface area (Å²) in [5.74, 6) is 1.46. The SMILES string of the molecule is CC1(C2CCCC2)C(=O)C2=CC=C(OCc3ccc(-c4nn[nH]n4)cc3)CC2C1(Cl)Cl. The number of nitrogens with one attached hydrogen (secondary N) is 1. The first-order valence-corrected chi connectivity index (χ1v) is 11.5. The third-order valence-corrected chi connectivity index (χ3v) is 8.56. The fourth-order valence-corrected chi connectivity index (χ4v) is 6.20. The third kappa shape index (κ3) is 3.31. The molecule has 1 aromatic heterocycles. The molecule has 3 aliphatic carbocycles. The van der Waals surface area contributed by atoms with Crippen molar-refractivity contribution in [1.82, 2.24) is 20.6 Å². The highest BCUT2D eigenvalue weighted by molar-refractivity contribution is 6.52. The summed E-state index contributed by atoms with van der Waals surface area (Å²) in [7, 11) is 0. The molecule has 2 aromatic rings. The molecule has 6 nitrogen and oxygen atoms in total.